The van der Waals surface area contributed by atoms with E-state index in [9.17, 15) is 0 Å². The number of nitrogens with zero attached hydrogens (tertiary/aromatic N) is 2. The molecule has 0 aliphatic carbocycles. The number of hydrogen-bond donors (Lipinski definition) is 1. The summed E-state index contributed by atoms with van der Waals surface area (Å²) in [5.41, 5.74) is 9.02. The van der Waals surface area contributed by atoms with Crippen LogP contribution in [0.4, 0.5) is 17.1 Å². The predicted molar refractivity (Wildman–Crippen MR) is 82.4 cm³/mol. The minimum atomic E-state index is 0.604. The maximum Gasteiger partial charge on any atom is 0.143 e. The molecule has 0 aliphatic heterocycles. The molecule has 2 aromatic rings. The van der Waals surface area contributed by atoms with Crippen molar-refractivity contribution in [2.45, 2.75) is 13.3 Å². The molecule has 0 amide bonds. The van der Waals surface area contributed by atoms with Crippen LogP contribution in [0.2, 0.25) is 5.02 Å². The average Bonchev–Trinajstić information content (AvgIpc) is 2.47. The van der Waals surface area contributed by atoms with Crippen molar-refractivity contribution in [2.75, 3.05) is 12.8 Å². The summed E-state index contributed by atoms with van der Waals surface area (Å²) < 4.78 is 5.21. The van der Waals surface area contributed by atoms with Crippen molar-refractivity contribution in [2.24, 2.45) is 10.2 Å². The van der Waals surface area contributed by atoms with Crippen molar-refractivity contribution in [1.82, 2.24) is 0 Å². The first-order valence-electron chi connectivity index (χ1n) is 6.27. The normalized spacial score (nSPS) is 10.9. The van der Waals surface area contributed by atoms with Crippen molar-refractivity contribution in [1.29, 1.82) is 0 Å². The van der Waals surface area contributed by atoms with E-state index in [-0.39, 0.29) is 0 Å². The Labute approximate surface area is 123 Å². The average molecular weight is 290 g/mol. The number of ether oxygens (including phenoxy) is 1. The van der Waals surface area contributed by atoms with Gasteiger partial charge in [0.2, 0.25) is 0 Å². The van der Waals surface area contributed by atoms with E-state index in [1.54, 1.807) is 25.3 Å². The van der Waals surface area contributed by atoms with Crippen LogP contribution in [0.25, 0.3) is 0 Å². The second kappa shape index (κ2) is 6.39. The third-order valence-corrected chi connectivity index (χ3v) is 3.16. The molecule has 0 bridgehead atoms. The Hall–Kier alpha value is -2.07. The van der Waals surface area contributed by atoms with Gasteiger partial charge in [0.1, 0.15) is 5.75 Å². The molecule has 0 saturated heterocycles. The van der Waals surface area contributed by atoms with E-state index in [4.69, 9.17) is 22.1 Å². The number of aryl methyl sites for hydroxylation is 1. The van der Waals surface area contributed by atoms with Crippen LogP contribution in [-0.2, 0) is 6.42 Å². The highest BCUT2D eigenvalue weighted by Crippen LogP contribution is 2.32. The number of nitrogens with two attached hydrogens (primary N) is 1. The summed E-state index contributed by atoms with van der Waals surface area (Å²) in [4.78, 5) is 0. The Morgan fingerprint density at radius 1 is 1.15 bits per heavy atom. The van der Waals surface area contributed by atoms with Gasteiger partial charge >= 0.3 is 0 Å². The van der Waals surface area contributed by atoms with Crippen LogP contribution < -0.4 is 10.5 Å². The van der Waals surface area contributed by atoms with Crippen LogP contribution in [-0.4, -0.2) is 7.11 Å². The van der Waals surface area contributed by atoms with Gasteiger partial charge in [-0.1, -0.05) is 18.5 Å². The molecule has 0 atom stereocenters. The molecule has 20 heavy (non-hydrogen) atoms. The third kappa shape index (κ3) is 3.27. The Morgan fingerprint density at radius 2 is 1.85 bits per heavy atom. The lowest BCUT2D eigenvalue weighted by Gasteiger charge is -2.08. The Morgan fingerprint density at radius 3 is 2.45 bits per heavy atom. The maximum atomic E-state index is 5.89. The van der Waals surface area contributed by atoms with Gasteiger partial charge in [-0.3, -0.25) is 0 Å². The van der Waals surface area contributed by atoms with Crippen molar-refractivity contribution in [3.63, 3.8) is 0 Å². The number of hydrogen-bond acceptors (Lipinski definition) is 4. The molecular formula is C15H16ClN3O. The van der Waals surface area contributed by atoms with Gasteiger partial charge in [0.05, 0.1) is 24.2 Å². The molecule has 0 saturated carbocycles. The minimum Gasteiger partial charge on any atom is -0.495 e. The van der Waals surface area contributed by atoms with Crippen LogP contribution in [0.15, 0.2) is 46.6 Å². The third-order valence-electron chi connectivity index (χ3n) is 2.91. The summed E-state index contributed by atoms with van der Waals surface area (Å²) >= 11 is 5.83. The van der Waals surface area contributed by atoms with E-state index in [0.717, 1.165) is 23.4 Å². The number of methoxy groups -OCH3 is 1. The first kappa shape index (κ1) is 14.3. The van der Waals surface area contributed by atoms with Crippen LogP contribution in [0.1, 0.15) is 12.5 Å². The SMILES string of the molecule is CCc1cc(N)c(OC)cc1/N=N/c1ccc(Cl)cc1. The van der Waals surface area contributed by atoms with E-state index in [0.29, 0.717) is 16.5 Å². The summed E-state index contributed by atoms with van der Waals surface area (Å²) in [5, 5.41) is 9.15. The lowest BCUT2D eigenvalue weighted by atomic mass is 10.1. The molecule has 0 spiro atoms. The van der Waals surface area contributed by atoms with Crippen molar-refractivity contribution in [3.8, 4) is 5.75 Å². The first-order chi connectivity index (χ1) is 9.63. The van der Waals surface area contributed by atoms with Gasteiger partial charge in [-0.05, 0) is 42.3 Å². The number of azo groups is 1. The Bertz CT molecular complexity index is 624. The molecule has 0 radical (unpaired) electrons. The van der Waals surface area contributed by atoms with E-state index >= 15 is 0 Å². The second-order valence-corrected chi connectivity index (χ2v) is 4.69. The smallest absolute Gasteiger partial charge is 0.143 e. The highest BCUT2D eigenvalue weighted by molar-refractivity contribution is 6.30. The van der Waals surface area contributed by atoms with Gasteiger partial charge in [0.25, 0.3) is 0 Å². The molecule has 0 aromatic heterocycles. The van der Waals surface area contributed by atoms with Crippen LogP contribution in [0.5, 0.6) is 5.75 Å². The zero-order chi connectivity index (χ0) is 14.5. The monoisotopic (exact) mass is 289 g/mol. The fraction of sp³-hybridized carbons (Fsp3) is 0.200. The van der Waals surface area contributed by atoms with Gasteiger partial charge in [-0.25, -0.2) is 0 Å². The summed E-state index contributed by atoms with van der Waals surface area (Å²) in [6.45, 7) is 2.04. The van der Waals surface area contributed by atoms with Crippen LogP contribution in [0, 0.1) is 0 Å². The van der Waals surface area contributed by atoms with Crippen LogP contribution >= 0.6 is 11.6 Å². The molecule has 0 heterocycles. The largest absolute Gasteiger partial charge is 0.495 e. The molecule has 0 fully saturated rings. The van der Waals surface area contributed by atoms with E-state index in [1.807, 2.05) is 25.1 Å². The lowest BCUT2D eigenvalue weighted by molar-refractivity contribution is 0.417. The van der Waals surface area contributed by atoms with Gasteiger partial charge < -0.3 is 10.5 Å². The van der Waals surface area contributed by atoms with E-state index in [2.05, 4.69) is 10.2 Å². The maximum absolute atomic E-state index is 5.89. The van der Waals surface area contributed by atoms with Crippen molar-refractivity contribution < 1.29 is 4.74 Å². The number of rotatable bonds is 4. The van der Waals surface area contributed by atoms with Crippen molar-refractivity contribution in [3.05, 3.63) is 47.0 Å². The first-order valence-corrected chi connectivity index (χ1v) is 6.65. The quantitative estimate of drug-likeness (QED) is 0.642. The number of anilines is 1. The highest BCUT2D eigenvalue weighted by atomic mass is 35.5. The minimum absolute atomic E-state index is 0.604. The molecule has 2 rings (SSSR count). The highest BCUT2D eigenvalue weighted by Gasteiger charge is 2.07. The molecule has 5 heteroatoms. The van der Waals surface area contributed by atoms with Gasteiger partial charge in [-0.15, -0.1) is 0 Å². The fourth-order valence-electron chi connectivity index (χ4n) is 1.81. The topological polar surface area (TPSA) is 60.0 Å². The van der Waals surface area contributed by atoms with Gasteiger partial charge in [-0.2, -0.15) is 10.2 Å². The molecule has 0 unspecified atom stereocenters. The number of benzene rings is 2. The number of nitrogen functional groups attached to an aromatic ring is 1. The van der Waals surface area contributed by atoms with Gasteiger partial charge in [0.15, 0.2) is 0 Å². The molecule has 104 valence electrons. The summed E-state index contributed by atoms with van der Waals surface area (Å²) in [6.07, 6.45) is 0.823. The molecule has 0 aliphatic rings. The fourth-order valence-corrected chi connectivity index (χ4v) is 1.93. The van der Waals surface area contributed by atoms with Crippen molar-refractivity contribution >= 4 is 28.7 Å². The van der Waals surface area contributed by atoms with Gasteiger partial charge in [0, 0.05) is 11.1 Å². The molecule has 4 nitrogen and oxygen atoms in total. The molecular weight excluding hydrogens is 274 g/mol. The van der Waals surface area contributed by atoms with E-state index < -0.39 is 0 Å². The molecule has 2 N–H and O–H groups in total. The summed E-state index contributed by atoms with van der Waals surface area (Å²) in [7, 11) is 1.58. The van der Waals surface area contributed by atoms with Crippen LogP contribution in [0.3, 0.4) is 0 Å². The van der Waals surface area contributed by atoms with E-state index in [1.165, 1.54) is 0 Å². The second-order valence-electron chi connectivity index (χ2n) is 4.25. The lowest BCUT2D eigenvalue weighted by Crippen LogP contribution is -1.94. The molecule has 2 aromatic carbocycles. The summed E-state index contributed by atoms with van der Waals surface area (Å²) in [5.74, 6) is 0.604. The summed E-state index contributed by atoms with van der Waals surface area (Å²) in [6, 6.07) is 10.8. The standard InChI is InChI=1S/C15H16ClN3O/c1-3-10-8-13(17)15(20-2)9-14(10)19-18-12-6-4-11(16)5-7-12/h4-9H,3,17H2,1-2H3/b19-18+. The zero-order valence-corrected chi connectivity index (χ0v) is 12.2. The number of halogens is 1. The Kier molecular flexibility index (Phi) is 4.58. The zero-order valence-electron chi connectivity index (χ0n) is 11.4. The predicted octanol–water partition coefficient (Wildman–Crippen LogP) is 4.91. The Balaban J connectivity index is 2.34.